The lowest BCUT2D eigenvalue weighted by molar-refractivity contribution is 0.0992. The van der Waals surface area contributed by atoms with E-state index in [2.05, 4.69) is 0 Å². The average Bonchev–Trinajstić information content (AvgIpc) is 2.31. The Hall–Kier alpha value is -1.02. The number of Topliss-reactive ketones (excluding diaryl/α,β-unsaturated/α-hetero) is 1. The number of hydrogen-bond donors (Lipinski definition) is 1. The summed E-state index contributed by atoms with van der Waals surface area (Å²) in [6, 6.07) is 3.14. The Balaban J connectivity index is 2.68. The molecular formula is C9H7ClO2. The number of phenols is 1. The molecule has 0 unspecified atom stereocenters. The molecule has 1 aliphatic rings. The molecule has 0 aromatic heterocycles. The van der Waals surface area contributed by atoms with Crippen LogP contribution in [0, 0.1) is 0 Å². The van der Waals surface area contributed by atoms with E-state index >= 15 is 0 Å². The van der Waals surface area contributed by atoms with Crippen molar-refractivity contribution in [1.29, 1.82) is 0 Å². The Morgan fingerprint density at radius 3 is 2.83 bits per heavy atom. The van der Waals surface area contributed by atoms with Gasteiger partial charge in [-0.1, -0.05) is 11.6 Å². The third-order valence-electron chi connectivity index (χ3n) is 2.06. The normalized spacial score (nSPS) is 14.9. The van der Waals surface area contributed by atoms with Crippen LogP contribution in [-0.4, -0.2) is 10.9 Å². The number of phenolic OH excluding ortho intramolecular Hbond substituents is 1. The molecule has 0 atom stereocenters. The van der Waals surface area contributed by atoms with E-state index in [-0.39, 0.29) is 11.5 Å². The molecule has 0 amide bonds. The molecule has 1 aromatic rings. The highest BCUT2D eigenvalue weighted by molar-refractivity contribution is 6.31. The number of benzene rings is 1. The van der Waals surface area contributed by atoms with Crippen molar-refractivity contribution < 1.29 is 9.90 Å². The van der Waals surface area contributed by atoms with Crippen molar-refractivity contribution in [3.8, 4) is 5.75 Å². The van der Waals surface area contributed by atoms with Crippen LogP contribution in [0.15, 0.2) is 12.1 Å². The SMILES string of the molecule is O=C1CCc2cc(Cl)cc(O)c21. The van der Waals surface area contributed by atoms with E-state index in [0.717, 1.165) is 5.56 Å². The van der Waals surface area contributed by atoms with E-state index in [9.17, 15) is 9.90 Å². The monoisotopic (exact) mass is 182 g/mol. The first-order valence-electron chi connectivity index (χ1n) is 3.73. The lowest BCUT2D eigenvalue weighted by atomic mass is 10.1. The van der Waals surface area contributed by atoms with E-state index in [1.807, 2.05) is 0 Å². The molecule has 2 nitrogen and oxygen atoms in total. The molecule has 0 saturated heterocycles. The minimum absolute atomic E-state index is 0.0131. The molecule has 0 bridgehead atoms. The number of aryl methyl sites for hydroxylation is 1. The summed E-state index contributed by atoms with van der Waals surface area (Å²) in [5, 5.41) is 9.86. The van der Waals surface area contributed by atoms with Gasteiger partial charge in [0.15, 0.2) is 5.78 Å². The number of halogens is 1. The fourth-order valence-corrected chi connectivity index (χ4v) is 1.77. The second-order valence-corrected chi connectivity index (χ2v) is 3.32. The predicted octanol–water partition coefficient (Wildman–Crippen LogP) is 2.17. The maximum atomic E-state index is 11.2. The van der Waals surface area contributed by atoms with Gasteiger partial charge in [-0.25, -0.2) is 0 Å². The van der Waals surface area contributed by atoms with Gasteiger partial charge in [-0.15, -0.1) is 0 Å². The Morgan fingerprint density at radius 1 is 1.33 bits per heavy atom. The molecule has 0 saturated carbocycles. The molecule has 0 radical (unpaired) electrons. The predicted molar refractivity (Wildman–Crippen MR) is 45.8 cm³/mol. The van der Waals surface area contributed by atoms with Crippen LogP contribution in [0.1, 0.15) is 22.3 Å². The second-order valence-electron chi connectivity index (χ2n) is 2.88. The van der Waals surface area contributed by atoms with Crippen LogP contribution >= 0.6 is 11.6 Å². The van der Waals surface area contributed by atoms with Crippen molar-refractivity contribution in [1.82, 2.24) is 0 Å². The highest BCUT2D eigenvalue weighted by atomic mass is 35.5. The van der Waals surface area contributed by atoms with Gasteiger partial charge in [0.05, 0.1) is 5.56 Å². The first-order valence-corrected chi connectivity index (χ1v) is 4.11. The number of carbonyl (C=O) groups is 1. The molecule has 0 fully saturated rings. The highest BCUT2D eigenvalue weighted by Gasteiger charge is 2.23. The molecule has 12 heavy (non-hydrogen) atoms. The van der Waals surface area contributed by atoms with Crippen LogP contribution in [0.5, 0.6) is 5.75 Å². The van der Waals surface area contributed by atoms with Gasteiger partial charge in [0.1, 0.15) is 5.75 Å². The van der Waals surface area contributed by atoms with E-state index in [4.69, 9.17) is 11.6 Å². The van der Waals surface area contributed by atoms with Gasteiger partial charge < -0.3 is 5.11 Å². The quantitative estimate of drug-likeness (QED) is 0.668. The molecular weight excluding hydrogens is 176 g/mol. The van der Waals surface area contributed by atoms with Crippen molar-refractivity contribution >= 4 is 17.4 Å². The fraction of sp³-hybridized carbons (Fsp3) is 0.222. The van der Waals surface area contributed by atoms with E-state index in [1.54, 1.807) is 6.07 Å². The van der Waals surface area contributed by atoms with Crippen molar-refractivity contribution in [2.45, 2.75) is 12.8 Å². The minimum Gasteiger partial charge on any atom is -0.507 e. The Kier molecular flexibility index (Phi) is 1.58. The highest BCUT2D eigenvalue weighted by Crippen LogP contribution is 2.32. The first kappa shape index (κ1) is 7.62. The van der Waals surface area contributed by atoms with Gasteiger partial charge in [-0.05, 0) is 24.1 Å². The van der Waals surface area contributed by atoms with Crippen LogP contribution < -0.4 is 0 Å². The first-order chi connectivity index (χ1) is 5.68. The summed E-state index contributed by atoms with van der Waals surface area (Å²) in [7, 11) is 0. The average molecular weight is 183 g/mol. The van der Waals surface area contributed by atoms with E-state index in [0.29, 0.717) is 23.4 Å². The van der Waals surface area contributed by atoms with Gasteiger partial charge >= 0.3 is 0 Å². The zero-order valence-electron chi connectivity index (χ0n) is 6.30. The zero-order valence-corrected chi connectivity index (χ0v) is 7.06. The smallest absolute Gasteiger partial charge is 0.167 e. The molecule has 62 valence electrons. The van der Waals surface area contributed by atoms with Crippen LogP contribution in [-0.2, 0) is 6.42 Å². The fourth-order valence-electron chi connectivity index (χ4n) is 1.54. The molecule has 0 spiro atoms. The largest absolute Gasteiger partial charge is 0.507 e. The molecule has 1 aromatic carbocycles. The molecule has 0 aliphatic heterocycles. The van der Waals surface area contributed by atoms with Crippen LogP contribution in [0.25, 0.3) is 0 Å². The summed E-state index contributed by atoms with van der Waals surface area (Å²) in [5.74, 6) is 0.0270. The van der Waals surface area contributed by atoms with Crippen LogP contribution in [0.3, 0.4) is 0 Å². The number of ketones is 1. The standard InChI is InChI=1S/C9H7ClO2/c10-6-3-5-1-2-7(11)9(5)8(12)4-6/h3-4,12H,1-2H2. The summed E-state index contributed by atoms with van der Waals surface area (Å²) >= 11 is 5.71. The molecule has 0 heterocycles. The third kappa shape index (κ3) is 0.994. The summed E-state index contributed by atoms with van der Waals surface area (Å²) in [4.78, 5) is 11.2. The van der Waals surface area contributed by atoms with Gasteiger partial charge in [0, 0.05) is 11.4 Å². The number of fused-ring (bicyclic) bond motifs is 1. The summed E-state index contributed by atoms with van der Waals surface area (Å²) < 4.78 is 0. The molecule has 1 N–H and O–H groups in total. The van der Waals surface area contributed by atoms with Crippen LogP contribution in [0.2, 0.25) is 5.02 Å². The summed E-state index contributed by atoms with van der Waals surface area (Å²) in [6.07, 6.45) is 1.19. The van der Waals surface area contributed by atoms with Crippen molar-refractivity contribution in [3.63, 3.8) is 0 Å². The lowest BCUT2D eigenvalue weighted by Gasteiger charge is -2.00. The van der Waals surface area contributed by atoms with Crippen LogP contribution in [0.4, 0.5) is 0 Å². The molecule has 3 heteroatoms. The molecule has 1 aliphatic carbocycles. The lowest BCUT2D eigenvalue weighted by Crippen LogP contribution is -1.91. The van der Waals surface area contributed by atoms with Gasteiger partial charge in [0.2, 0.25) is 0 Å². The third-order valence-corrected chi connectivity index (χ3v) is 2.28. The maximum Gasteiger partial charge on any atom is 0.167 e. The van der Waals surface area contributed by atoms with Gasteiger partial charge in [-0.2, -0.15) is 0 Å². The number of hydrogen-bond acceptors (Lipinski definition) is 2. The summed E-state index contributed by atoms with van der Waals surface area (Å²) in [6.45, 7) is 0. The zero-order chi connectivity index (χ0) is 8.72. The minimum atomic E-state index is 0.0131. The molecule has 2 rings (SSSR count). The maximum absolute atomic E-state index is 11.2. The van der Waals surface area contributed by atoms with E-state index < -0.39 is 0 Å². The van der Waals surface area contributed by atoms with Gasteiger partial charge in [0.25, 0.3) is 0 Å². The van der Waals surface area contributed by atoms with Crippen molar-refractivity contribution in [2.24, 2.45) is 0 Å². The summed E-state index contributed by atoms with van der Waals surface area (Å²) in [5.41, 5.74) is 1.32. The second kappa shape index (κ2) is 2.49. The van der Waals surface area contributed by atoms with Crippen molar-refractivity contribution in [2.75, 3.05) is 0 Å². The number of aromatic hydroxyl groups is 1. The van der Waals surface area contributed by atoms with Gasteiger partial charge in [-0.3, -0.25) is 4.79 Å². The number of carbonyl (C=O) groups excluding carboxylic acids is 1. The Morgan fingerprint density at radius 2 is 2.08 bits per heavy atom. The van der Waals surface area contributed by atoms with E-state index in [1.165, 1.54) is 6.07 Å². The Labute approximate surface area is 74.8 Å². The number of rotatable bonds is 0. The Bertz CT molecular complexity index is 358. The van der Waals surface area contributed by atoms with Crippen molar-refractivity contribution in [3.05, 3.63) is 28.3 Å². The topological polar surface area (TPSA) is 37.3 Å².